The van der Waals surface area contributed by atoms with Crippen molar-refractivity contribution in [2.75, 3.05) is 0 Å². The minimum absolute atomic E-state index is 2.26. The van der Waals surface area contributed by atoms with Crippen LogP contribution in [0.15, 0.2) is 0 Å². The van der Waals surface area contributed by atoms with Crippen LogP contribution in [0.25, 0.3) is 0 Å². The molecule has 30 valence electrons. The molecule has 0 aromatic carbocycles. The van der Waals surface area contributed by atoms with Gasteiger partial charge in [0.1, 0.15) is 0 Å². The molecule has 0 spiro atoms. The molecule has 0 aromatic rings. The molecule has 0 atom stereocenters. The topological polar surface area (TPSA) is 34.1 Å². The number of rotatable bonds is 0. The molecule has 0 amide bonds. The molecule has 4 heavy (non-hydrogen) atoms. The van der Waals surface area contributed by atoms with Crippen molar-refractivity contribution in [2.24, 2.45) is 0 Å². The molecule has 0 fully saturated rings. The Morgan fingerprint density at radius 3 is 1.50 bits per heavy atom. The second kappa shape index (κ2) is 2.08. The van der Waals surface area contributed by atoms with E-state index in [1.807, 2.05) is 0 Å². The van der Waals surface area contributed by atoms with E-state index in [0.29, 0.717) is 0 Å². The van der Waals surface area contributed by atoms with E-state index in [-0.39, 0.29) is 0 Å². The molecule has 0 rings (SSSR count). The SMILES string of the molecule is [O]=[Ag](=[O])[Br]. The molecule has 0 unspecified atom stereocenters. The van der Waals surface area contributed by atoms with Crippen LogP contribution < -0.4 is 0 Å². The maximum atomic E-state index is 8.99. The normalized spacial score (nSPS) is 10.8. The van der Waals surface area contributed by atoms with Gasteiger partial charge in [0, 0.05) is 0 Å². The van der Waals surface area contributed by atoms with Crippen molar-refractivity contribution in [3.8, 4) is 0 Å². The molecule has 0 radical (unpaired) electrons. The molecule has 0 N–H and O–H groups in total. The van der Waals surface area contributed by atoms with Gasteiger partial charge < -0.3 is 0 Å². The van der Waals surface area contributed by atoms with Crippen LogP contribution in [-0.2, 0) is 22.8 Å². The first-order valence-electron chi connectivity index (χ1n) is 0.360. The summed E-state index contributed by atoms with van der Waals surface area (Å²) in [6, 6.07) is 0. The first-order chi connectivity index (χ1) is 1.73. The summed E-state index contributed by atoms with van der Waals surface area (Å²) in [5.74, 6) is 0. The van der Waals surface area contributed by atoms with Gasteiger partial charge in [-0.2, -0.15) is 0 Å². The van der Waals surface area contributed by atoms with Gasteiger partial charge in [0.2, 0.25) is 0 Å². The molecule has 0 bridgehead atoms. The standard InChI is InChI=1S/Ag.BrH.2O/h;1H;;/q+1;;;/p-1. The predicted molar refractivity (Wildman–Crippen MR) is 10.3 cm³/mol. The van der Waals surface area contributed by atoms with E-state index in [9.17, 15) is 0 Å². The fourth-order valence-corrected chi connectivity index (χ4v) is 0. The molecule has 4 heteroatoms. The zero-order valence-corrected chi connectivity index (χ0v) is 4.56. The second-order valence-corrected chi connectivity index (χ2v) is 3.16. The van der Waals surface area contributed by atoms with E-state index in [4.69, 9.17) is 6.50 Å². The molecule has 0 aromatic heterocycles. The van der Waals surface area contributed by atoms with Crippen LogP contribution in [0.1, 0.15) is 0 Å². The van der Waals surface area contributed by atoms with Gasteiger partial charge in [-0.15, -0.1) is 0 Å². The van der Waals surface area contributed by atoms with Crippen LogP contribution in [0, 0.1) is 0 Å². The summed E-state index contributed by atoms with van der Waals surface area (Å²) in [5.41, 5.74) is 0. The summed E-state index contributed by atoms with van der Waals surface area (Å²) < 4.78 is 18.0. The van der Waals surface area contributed by atoms with E-state index in [0.717, 1.165) is 0 Å². The maximum absolute atomic E-state index is 8.99. The van der Waals surface area contributed by atoms with Gasteiger partial charge in [0.15, 0.2) is 0 Å². The van der Waals surface area contributed by atoms with E-state index < -0.39 is 16.3 Å². The number of hydrogen-bond donors (Lipinski definition) is 0. The summed E-state index contributed by atoms with van der Waals surface area (Å²) in [5, 5.41) is 0. The van der Waals surface area contributed by atoms with Gasteiger partial charge in [-0.1, -0.05) is 0 Å². The average Bonchev–Trinajstić information content (AvgIpc) is 0.811. The Bertz CT molecular complexity index is 54.4. The van der Waals surface area contributed by atoms with E-state index >= 15 is 0 Å². The van der Waals surface area contributed by atoms with Crippen LogP contribution >= 0.6 is 13.0 Å². The van der Waals surface area contributed by atoms with Crippen LogP contribution in [0.3, 0.4) is 0 Å². The Morgan fingerprint density at radius 2 is 1.50 bits per heavy atom. The third kappa shape index (κ3) is 13.9. The van der Waals surface area contributed by atoms with Crippen molar-refractivity contribution >= 4 is 13.0 Å². The van der Waals surface area contributed by atoms with Crippen molar-refractivity contribution in [3.63, 3.8) is 0 Å². The van der Waals surface area contributed by atoms with Gasteiger partial charge >= 0.3 is 35.8 Å². The Kier molecular flexibility index (Phi) is 2.51. The molecular formula is AgBrO2. The average molecular weight is 220 g/mol. The van der Waals surface area contributed by atoms with E-state index in [1.54, 1.807) is 0 Å². The third-order valence-corrected chi connectivity index (χ3v) is 0. The monoisotopic (exact) mass is 218 g/mol. The van der Waals surface area contributed by atoms with E-state index in [2.05, 4.69) is 13.0 Å². The molecule has 2 nitrogen and oxygen atoms in total. The zero-order chi connectivity index (χ0) is 3.58. The molecule has 0 saturated carbocycles. The first-order valence-corrected chi connectivity index (χ1v) is 4.96. The van der Waals surface area contributed by atoms with Crippen molar-refractivity contribution < 1.29 is 22.8 Å². The van der Waals surface area contributed by atoms with E-state index in [1.165, 1.54) is 0 Å². The van der Waals surface area contributed by atoms with Crippen LogP contribution in [-0.4, -0.2) is 0 Å². The van der Waals surface area contributed by atoms with Gasteiger partial charge in [-0.05, 0) is 0 Å². The summed E-state index contributed by atoms with van der Waals surface area (Å²) in [7, 11) is 0. The molecular weight excluding hydrogens is 220 g/mol. The fraction of sp³-hybridized carbons (Fsp3) is 0. The Balaban J connectivity index is 3.51. The van der Waals surface area contributed by atoms with Crippen molar-refractivity contribution in [1.82, 2.24) is 0 Å². The number of halogens is 1. The third-order valence-electron chi connectivity index (χ3n) is 0. The molecule has 0 aliphatic heterocycles. The summed E-state index contributed by atoms with van der Waals surface area (Å²) in [6.45, 7) is 0. The molecule has 0 aliphatic carbocycles. The summed E-state index contributed by atoms with van der Waals surface area (Å²) in [4.78, 5) is 0. The molecule has 0 heterocycles. The van der Waals surface area contributed by atoms with Crippen LogP contribution in [0.5, 0.6) is 0 Å². The van der Waals surface area contributed by atoms with Crippen LogP contribution in [0.2, 0.25) is 0 Å². The van der Waals surface area contributed by atoms with Crippen molar-refractivity contribution in [1.29, 1.82) is 0 Å². The molecule has 0 saturated heterocycles. The van der Waals surface area contributed by atoms with Crippen molar-refractivity contribution in [2.45, 2.75) is 0 Å². The van der Waals surface area contributed by atoms with Gasteiger partial charge in [-0.25, -0.2) is 0 Å². The minimum atomic E-state index is -2.58. The summed E-state index contributed by atoms with van der Waals surface area (Å²) in [6.07, 6.45) is 0. The van der Waals surface area contributed by atoms with Crippen LogP contribution in [0.4, 0.5) is 0 Å². The first kappa shape index (κ1) is 4.82. The second-order valence-electron chi connectivity index (χ2n) is 0.143. The Morgan fingerprint density at radius 1 is 1.50 bits per heavy atom. The van der Waals surface area contributed by atoms with Gasteiger partial charge in [-0.3, -0.25) is 0 Å². The Hall–Kier alpha value is 0.820. The Labute approximate surface area is 35.9 Å². The number of hydrogen-bond acceptors (Lipinski definition) is 2. The summed E-state index contributed by atoms with van der Waals surface area (Å²) >= 11 is -0.314. The molecule has 0 aliphatic rings. The quantitative estimate of drug-likeness (QED) is 0.560. The fourth-order valence-electron chi connectivity index (χ4n) is 0. The predicted octanol–water partition coefficient (Wildman–Crippen LogP) is 0.606. The van der Waals surface area contributed by atoms with Gasteiger partial charge in [0.05, 0.1) is 0 Å². The van der Waals surface area contributed by atoms with Crippen molar-refractivity contribution in [3.05, 3.63) is 0 Å². The van der Waals surface area contributed by atoms with Gasteiger partial charge in [0.25, 0.3) is 0 Å². The zero-order valence-electron chi connectivity index (χ0n) is 1.50.